The Bertz CT molecular complexity index is 968. The van der Waals surface area contributed by atoms with Gasteiger partial charge in [0.05, 0.1) is 11.4 Å². The number of carbonyl (C=O) groups is 1. The van der Waals surface area contributed by atoms with E-state index in [1.807, 2.05) is 53.5 Å². The smallest absolute Gasteiger partial charge is 0.230 e. The number of ether oxygens (including phenoxy) is 1. The molecular formula is C23H26N4O2. The largest absolute Gasteiger partial charge is 0.456 e. The molecule has 1 saturated carbocycles. The second-order valence-corrected chi connectivity index (χ2v) is 8.12. The Morgan fingerprint density at radius 1 is 1.10 bits per heavy atom. The summed E-state index contributed by atoms with van der Waals surface area (Å²) in [7, 11) is 1.94. The third kappa shape index (κ3) is 3.34. The number of hydrazine groups is 2. The summed E-state index contributed by atoms with van der Waals surface area (Å²) in [6.45, 7) is 2.15. The molecule has 29 heavy (non-hydrogen) atoms. The Balaban J connectivity index is 1.62. The van der Waals surface area contributed by atoms with E-state index in [1.54, 1.807) is 0 Å². The van der Waals surface area contributed by atoms with Crippen LogP contribution in [0, 0.1) is 5.92 Å². The third-order valence-electron chi connectivity index (χ3n) is 5.86. The Morgan fingerprint density at radius 2 is 1.90 bits per heavy atom. The minimum Gasteiger partial charge on any atom is -0.456 e. The molecule has 2 aliphatic heterocycles. The lowest BCUT2D eigenvalue weighted by Crippen LogP contribution is -2.43. The van der Waals surface area contributed by atoms with Gasteiger partial charge in [0.1, 0.15) is 11.5 Å². The molecule has 1 fully saturated rings. The van der Waals surface area contributed by atoms with Gasteiger partial charge in [0.25, 0.3) is 0 Å². The predicted octanol–water partition coefficient (Wildman–Crippen LogP) is 3.81. The van der Waals surface area contributed by atoms with Gasteiger partial charge in [-0.15, -0.1) is 5.53 Å². The van der Waals surface area contributed by atoms with Crippen molar-refractivity contribution in [1.29, 1.82) is 0 Å². The number of nitrogens with one attached hydrogen (secondary N) is 2. The zero-order valence-electron chi connectivity index (χ0n) is 16.8. The van der Waals surface area contributed by atoms with Crippen LogP contribution in [0.5, 0.6) is 11.5 Å². The highest BCUT2D eigenvalue weighted by Crippen LogP contribution is 2.44. The van der Waals surface area contributed by atoms with Gasteiger partial charge in [0.15, 0.2) is 0 Å². The molecular weight excluding hydrogens is 364 g/mol. The van der Waals surface area contributed by atoms with E-state index in [1.165, 1.54) is 0 Å². The van der Waals surface area contributed by atoms with Gasteiger partial charge in [-0.25, -0.2) is 0 Å². The maximum atomic E-state index is 13.0. The van der Waals surface area contributed by atoms with E-state index in [9.17, 15) is 4.79 Å². The van der Waals surface area contributed by atoms with Crippen molar-refractivity contribution in [2.24, 2.45) is 5.92 Å². The highest BCUT2D eigenvalue weighted by molar-refractivity contribution is 5.99. The Kier molecular flexibility index (Phi) is 4.43. The molecule has 0 spiro atoms. The van der Waals surface area contributed by atoms with Gasteiger partial charge in [-0.05, 0) is 56.9 Å². The summed E-state index contributed by atoms with van der Waals surface area (Å²) in [5.41, 5.74) is 10.3. The summed E-state index contributed by atoms with van der Waals surface area (Å²) in [5.74, 6) is 2.07. The highest BCUT2D eigenvalue weighted by Gasteiger charge is 2.39. The normalized spacial score (nSPS) is 20.8. The molecule has 1 atom stereocenters. The van der Waals surface area contributed by atoms with Crippen LogP contribution in [0.2, 0.25) is 0 Å². The number of nitrogens with zero attached hydrogens (tertiary/aromatic N) is 2. The topological polar surface area (TPSA) is 56.8 Å². The van der Waals surface area contributed by atoms with Crippen LogP contribution in [-0.2, 0) is 11.2 Å². The van der Waals surface area contributed by atoms with E-state index in [0.717, 1.165) is 59.7 Å². The summed E-state index contributed by atoms with van der Waals surface area (Å²) in [4.78, 5) is 15.0. The molecule has 2 aromatic rings. The minimum atomic E-state index is 0.193. The number of amides is 1. The van der Waals surface area contributed by atoms with Crippen molar-refractivity contribution in [2.45, 2.75) is 38.6 Å². The van der Waals surface area contributed by atoms with Crippen molar-refractivity contribution in [2.75, 3.05) is 11.9 Å². The summed E-state index contributed by atoms with van der Waals surface area (Å²) < 4.78 is 6.43. The standard InChI is InChI=1S/C23H26N4O2/c1-15-8-11-19-21(27(15)23(28)16-9-10-16)13-12-18(20-14-26(2)25-24-20)22(19)29-17-6-4-3-5-7-17/h3-7,12-16,24-25H,8-11H2,1-2H3/t15-/m0/s1. The Morgan fingerprint density at radius 3 is 2.59 bits per heavy atom. The average Bonchev–Trinajstić information content (AvgIpc) is 3.49. The number of para-hydroxylation sites is 1. The van der Waals surface area contributed by atoms with Crippen LogP contribution in [0.3, 0.4) is 0 Å². The van der Waals surface area contributed by atoms with E-state index in [-0.39, 0.29) is 17.9 Å². The first-order valence-corrected chi connectivity index (χ1v) is 10.3. The van der Waals surface area contributed by atoms with Gasteiger partial charge in [0.2, 0.25) is 5.91 Å². The number of carbonyl (C=O) groups excluding carboxylic acids is 1. The maximum absolute atomic E-state index is 13.0. The summed E-state index contributed by atoms with van der Waals surface area (Å²) in [5, 5.41) is 1.87. The van der Waals surface area contributed by atoms with Crippen molar-refractivity contribution in [1.82, 2.24) is 16.0 Å². The zero-order chi connectivity index (χ0) is 20.0. The molecule has 0 aromatic heterocycles. The molecule has 6 nitrogen and oxygen atoms in total. The quantitative estimate of drug-likeness (QED) is 0.831. The van der Waals surface area contributed by atoms with E-state index in [4.69, 9.17) is 4.74 Å². The molecule has 0 saturated heterocycles. The molecule has 0 unspecified atom stereocenters. The second kappa shape index (κ2) is 7.12. The fourth-order valence-electron chi connectivity index (χ4n) is 4.15. The van der Waals surface area contributed by atoms with Gasteiger partial charge in [0, 0.05) is 36.3 Å². The number of benzene rings is 2. The van der Waals surface area contributed by atoms with E-state index < -0.39 is 0 Å². The van der Waals surface area contributed by atoms with Gasteiger partial charge >= 0.3 is 0 Å². The second-order valence-electron chi connectivity index (χ2n) is 8.12. The first-order chi connectivity index (χ1) is 14.1. The van der Waals surface area contributed by atoms with Gasteiger partial charge in [-0.2, -0.15) is 0 Å². The monoisotopic (exact) mass is 390 g/mol. The van der Waals surface area contributed by atoms with Crippen molar-refractivity contribution < 1.29 is 9.53 Å². The van der Waals surface area contributed by atoms with Crippen molar-refractivity contribution in [3.63, 3.8) is 0 Å². The number of rotatable bonds is 4. The molecule has 6 heteroatoms. The predicted molar refractivity (Wildman–Crippen MR) is 113 cm³/mol. The number of hydrogen-bond acceptors (Lipinski definition) is 5. The molecule has 0 bridgehead atoms. The van der Waals surface area contributed by atoms with Crippen LogP contribution in [-0.4, -0.2) is 24.0 Å². The maximum Gasteiger partial charge on any atom is 0.230 e. The lowest BCUT2D eigenvalue weighted by atomic mass is 9.92. The fraction of sp³-hybridized carbons (Fsp3) is 0.348. The molecule has 5 rings (SSSR count). The van der Waals surface area contributed by atoms with Gasteiger partial charge < -0.3 is 15.1 Å². The van der Waals surface area contributed by atoms with Crippen molar-refractivity contribution in [3.05, 3.63) is 59.8 Å². The third-order valence-corrected chi connectivity index (χ3v) is 5.86. The molecule has 3 aliphatic rings. The average molecular weight is 390 g/mol. The lowest BCUT2D eigenvalue weighted by molar-refractivity contribution is -0.120. The Labute approximate surface area is 171 Å². The molecule has 2 heterocycles. The summed E-state index contributed by atoms with van der Waals surface area (Å²) in [6.07, 6.45) is 5.84. The van der Waals surface area contributed by atoms with Gasteiger partial charge in [-0.1, -0.05) is 18.2 Å². The fourth-order valence-corrected chi connectivity index (χ4v) is 4.15. The molecule has 0 radical (unpaired) electrons. The minimum absolute atomic E-state index is 0.193. The molecule has 1 amide bonds. The summed E-state index contributed by atoms with van der Waals surface area (Å²) >= 11 is 0. The molecule has 1 aliphatic carbocycles. The first kappa shape index (κ1) is 18.1. The van der Waals surface area contributed by atoms with Crippen LogP contribution in [0.15, 0.2) is 48.7 Å². The number of anilines is 1. The van der Waals surface area contributed by atoms with Gasteiger partial charge in [-0.3, -0.25) is 9.80 Å². The SMILES string of the molecule is C[C@H]1CCc2c(ccc(C3=CN(C)NN3)c2Oc2ccccc2)N1C(=O)C1CC1. The van der Waals surface area contributed by atoms with E-state index in [2.05, 4.69) is 30.0 Å². The first-order valence-electron chi connectivity index (χ1n) is 10.3. The zero-order valence-corrected chi connectivity index (χ0v) is 16.8. The van der Waals surface area contributed by atoms with Crippen LogP contribution < -0.4 is 20.6 Å². The van der Waals surface area contributed by atoms with E-state index >= 15 is 0 Å². The molecule has 150 valence electrons. The van der Waals surface area contributed by atoms with Crippen LogP contribution in [0.1, 0.15) is 37.3 Å². The van der Waals surface area contributed by atoms with Crippen LogP contribution in [0.4, 0.5) is 5.69 Å². The highest BCUT2D eigenvalue weighted by atomic mass is 16.5. The Hall–Kier alpha value is -2.99. The van der Waals surface area contributed by atoms with Crippen LogP contribution >= 0.6 is 0 Å². The summed E-state index contributed by atoms with van der Waals surface area (Å²) in [6, 6.07) is 14.2. The lowest BCUT2D eigenvalue weighted by Gasteiger charge is -2.36. The van der Waals surface area contributed by atoms with Crippen molar-refractivity contribution in [3.8, 4) is 11.5 Å². The van der Waals surface area contributed by atoms with Crippen molar-refractivity contribution >= 4 is 17.3 Å². The van der Waals surface area contributed by atoms with E-state index in [0.29, 0.717) is 0 Å². The molecule has 2 N–H and O–H groups in total. The number of fused-ring (bicyclic) bond motifs is 1. The van der Waals surface area contributed by atoms with Crippen LogP contribution in [0.25, 0.3) is 5.70 Å². The molecule has 2 aromatic carbocycles. The number of hydrogen-bond donors (Lipinski definition) is 2.